The minimum Gasteiger partial charge on any atom is -0.361 e. The van der Waals surface area contributed by atoms with Crippen LogP contribution in [0, 0.1) is 13.8 Å². The van der Waals surface area contributed by atoms with E-state index in [1.165, 1.54) is 22.0 Å². The molecule has 0 radical (unpaired) electrons. The summed E-state index contributed by atoms with van der Waals surface area (Å²) in [6.07, 6.45) is 2.05. The van der Waals surface area contributed by atoms with Crippen LogP contribution in [0.3, 0.4) is 0 Å². The zero-order valence-corrected chi connectivity index (χ0v) is 7.52. The first-order chi connectivity index (χ1) is 5.27. The first-order valence-corrected chi connectivity index (χ1v) is 3.82. The fourth-order valence-electron chi connectivity index (χ4n) is 1.37. The Morgan fingerprint density at radius 1 is 1.17 bits per heavy atom. The molecule has 1 heterocycles. The molecule has 2 heteroatoms. The minimum absolute atomic E-state index is 0. The van der Waals surface area contributed by atoms with Gasteiger partial charge in [0.25, 0.3) is 0 Å². The lowest BCUT2D eigenvalue weighted by Crippen LogP contribution is -1.72. The van der Waals surface area contributed by atoms with Gasteiger partial charge in [-0.15, -0.1) is 0 Å². The molecule has 0 saturated heterocycles. The molecule has 0 bridgehead atoms. The number of aromatic amines is 1. The van der Waals surface area contributed by atoms with Gasteiger partial charge in [0, 0.05) is 17.1 Å². The van der Waals surface area contributed by atoms with Crippen LogP contribution in [-0.2, 0) is 0 Å². The number of hydrogen-bond acceptors (Lipinski definition) is 1. The number of aromatic nitrogens is 1. The Hall–Kier alpha value is -1.28. The zero-order chi connectivity index (χ0) is 7.84. The molecule has 12 heavy (non-hydrogen) atoms. The predicted molar refractivity (Wildman–Crippen MR) is 52.8 cm³/mol. The molecule has 1 aromatic heterocycles. The van der Waals surface area contributed by atoms with Crippen LogP contribution < -0.4 is 6.15 Å². The van der Waals surface area contributed by atoms with Crippen molar-refractivity contribution in [1.82, 2.24) is 11.1 Å². The summed E-state index contributed by atoms with van der Waals surface area (Å²) in [6, 6.07) is 6.46. The van der Waals surface area contributed by atoms with Gasteiger partial charge in [-0.05, 0) is 31.5 Å². The molecular weight excluding hydrogens is 148 g/mol. The fourth-order valence-corrected chi connectivity index (χ4v) is 1.37. The van der Waals surface area contributed by atoms with Gasteiger partial charge in [-0.25, -0.2) is 0 Å². The number of fused-ring (bicyclic) bond motifs is 1. The lowest BCUT2D eigenvalue weighted by atomic mass is 10.1. The van der Waals surface area contributed by atoms with Crippen LogP contribution in [0.2, 0.25) is 0 Å². The highest BCUT2D eigenvalue weighted by Gasteiger charge is 1.97. The molecule has 64 valence electrons. The Labute approximate surface area is 72.2 Å². The summed E-state index contributed by atoms with van der Waals surface area (Å²) in [6.45, 7) is 4.24. The third-order valence-corrected chi connectivity index (χ3v) is 2.04. The molecule has 0 fully saturated rings. The largest absolute Gasteiger partial charge is 0.361 e. The van der Waals surface area contributed by atoms with Crippen LogP contribution in [-0.4, -0.2) is 4.98 Å². The van der Waals surface area contributed by atoms with Gasteiger partial charge in [0.05, 0.1) is 0 Å². The van der Waals surface area contributed by atoms with Crippen molar-refractivity contribution < 1.29 is 0 Å². The smallest absolute Gasteiger partial charge is 0.0456 e. The van der Waals surface area contributed by atoms with E-state index in [1.54, 1.807) is 0 Å². The van der Waals surface area contributed by atoms with Crippen molar-refractivity contribution in [3.63, 3.8) is 0 Å². The van der Waals surface area contributed by atoms with Crippen molar-refractivity contribution in [2.24, 2.45) is 0 Å². The topological polar surface area (TPSA) is 50.8 Å². The van der Waals surface area contributed by atoms with Gasteiger partial charge in [-0.2, -0.15) is 0 Å². The Bertz CT molecular complexity index is 388. The van der Waals surface area contributed by atoms with Crippen molar-refractivity contribution in [1.29, 1.82) is 0 Å². The lowest BCUT2D eigenvalue weighted by Gasteiger charge is -1.92. The van der Waals surface area contributed by atoms with E-state index in [1.807, 2.05) is 6.20 Å². The Kier molecular flexibility index (Phi) is 2.20. The number of hydrogen-bond donors (Lipinski definition) is 2. The maximum atomic E-state index is 3.22. The predicted octanol–water partition coefficient (Wildman–Crippen LogP) is 2.95. The Morgan fingerprint density at radius 3 is 2.67 bits per heavy atom. The number of nitrogens with one attached hydrogen (secondary N) is 1. The molecule has 1 aromatic carbocycles. The summed E-state index contributed by atoms with van der Waals surface area (Å²) < 4.78 is 0. The fraction of sp³-hybridized carbons (Fsp3) is 0.200. The lowest BCUT2D eigenvalue weighted by molar-refractivity contribution is 1.42. The van der Waals surface area contributed by atoms with Gasteiger partial charge in [0.1, 0.15) is 0 Å². The second kappa shape index (κ2) is 2.99. The number of aryl methyl sites for hydroxylation is 2. The number of H-pyrrole nitrogens is 1. The zero-order valence-electron chi connectivity index (χ0n) is 7.52. The first-order valence-electron chi connectivity index (χ1n) is 3.82. The van der Waals surface area contributed by atoms with E-state index >= 15 is 0 Å². The third-order valence-electron chi connectivity index (χ3n) is 2.04. The highest BCUT2D eigenvalue weighted by molar-refractivity contribution is 5.83. The second-order valence-corrected chi connectivity index (χ2v) is 3.02. The van der Waals surface area contributed by atoms with E-state index in [4.69, 9.17) is 0 Å². The summed E-state index contributed by atoms with van der Waals surface area (Å²) in [4.78, 5) is 3.22. The SMILES string of the molecule is Cc1ccc2[nH]cc(C)c2c1.N. The van der Waals surface area contributed by atoms with Gasteiger partial charge >= 0.3 is 0 Å². The summed E-state index contributed by atoms with van der Waals surface area (Å²) in [5.74, 6) is 0. The van der Waals surface area contributed by atoms with E-state index in [-0.39, 0.29) is 6.15 Å². The minimum atomic E-state index is 0. The highest BCUT2D eigenvalue weighted by atomic mass is 14.7. The van der Waals surface area contributed by atoms with E-state index in [0.29, 0.717) is 0 Å². The molecule has 2 nitrogen and oxygen atoms in total. The number of rotatable bonds is 0. The Morgan fingerprint density at radius 2 is 1.92 bits per heavy atom. The second-order valence-electron chi connectivity index (χ2n) is 3.02. The van der Waals surface area contributed by atoms with Gasteiger partial charge < -0.3 is 11.1 Å². The molecule has 0 atom stereocenters. The average molecular weight is 162 g/mol. The summed E-state index contributed by atoms with van der Waals surface area (Å²) in [7, 11) is 0. The van der Waals surface area contributed by atoms with Gasteiger partial charge in [-0.3, -0.25) is 0 Å². The van der Waals surface area contributed by atoms with Gasteiger partial charge in [0.2, 0.25) is 0 Å². The van der Waals surface area contributed by atoms with Crippen molar-refractivity contribution in [2.45, 2.75) is 13.8 Å². The van der Waals surface area contributed by atoms with Crippen molar-refractivity contribution >= 4 is 10.9 Å². The Balaban J connectivity index is 0.000000720. The molecule has 4 N–H and O–H groups in total. The molecule has 0 unspecified atom stereocenters. The van der Waals surface area contributed by atoms with E-state index < -0.39 is 0 Å². The summed E-state index contributed by atoms with van der Waals surface area (Å²) >= 11 is 0. The summed E-state index contributed by atoms with van der Waals surface area (Å²) in [5.41, 5.74) is 3.87. The van der Waals surface area contributed by atoms with E-state index in [2.05, 4.69) is 37.0 Å². The van der Waals surface area contributed by atoms with E-state index in [9.17, 15) is 0 Å². The van der Waals surface area contributed by atoms with Crippen LogP contribution in [0.25, 0.3) is 10.9 Å². The van der Waals surface area contributed by atoms with Crippen LogP contribution in [0.4, 0.5) is 0 Å². The molecule has 0 amide bonds. The standard InChI is InChI=1S/C10H11N.H3N/c1-7-3-4-10-9(5-7)8(2)6-11-10;/h3-6,11H,1-2H3;1H3. The van der Waals surface area contributed by atoms with Crippen LogP contribution in [0.5, 0.6) is 0 Å². The van der Waals surface area contributed by atoms with Crippen molar-refractivity contribution in [3.8, 4) is 0 Å². The average Bonchev–Trinajstić information content (AvgIpc) is 2.33. The van der Waals surface area contributed by atoms with Crippen LogP contribution in [0.15, 0.2) is 24.4 Å². The first kappa shape index (κ1) is 8.81. The molecule has 0 spiro atoms. The van der Waals surface area contributed by atoms with Gasteiger partial charge in [-0.1, -0.05) is 11.6 Å². The highest BCUT2D eigenvalue weighted by Crippen LogP contribution is 2.17. The van der Waals surface area contributed by atoms with E-state index in [0.717, 1.165) is 0 Å². The van der Waals surface area contributed by atoms with Crippen LogP contribution in [0.1, 0.15) is 11.1 Å². The molecule has 0 aliphatic carbocycles. The third kappa shape index (κ3) is 1.21. The molecule has 0 aliphatic rings. The maximum absolute atomic E-state index is 3.22. The summed E-state index contributed by atoms with van der Waals surface area (Å²) in [5, 5.41) is 1.34. The normalized spacial score (nSPS) is 9.83. The van der Waals surface area contributed by atoms with Gasteiger partial charge in [0.15, 0.2) is 0 Å². The van der Waals surface area contributed by atoms with Crippen molar-refractivity contribution in [3.05, 3.63) is 35.5 Å². The van der Waals surface area contributed by atoms with Crippen LogP contribution >= 0.6 is 0 Å². The molecule has 0 aliphatic heterocycles. The number of benzene rings is 1. The molecular formula is C10H14N2. The molecule has 2 aromatic rings. The maximum Gasteiger partial charge on any atom is 0.0456 e. The monoisotopic (exact) mass is 162 g/mol. The molecule has 0 saturated carbocycles. The molecule has 2 rings (SSSR count). The quantitative estimate of drug-likeness (QED) is 0.614. The van der Waals surface area contributed by atoms with Crippen molar-refractivity contribution in [2.75, 3.05) is 0 Å².